The fourth-order valence-electron chi connectivity index (χ4n) is 3.51. The topological polar surface area (TPSA) is 0 Å². The van der Waals surface area contributed by atoms with Crippen LogP contribution in [-0.4, -0.2) is 0 Å². The summed E-state index contributed by atoms with van der Waals surface area (Å²) in [5.74, 6) is 0. The first-order chi connectivity index (χ1) is 13.6. The lowest BCUT2D eigenvalue weighted by Crippen LogP contribution is -2.09. The summed E-state index contributed by atoms with van der Waals surface area (Å²) in [6.07, 6.45) is -4.45. The van der Waals surface area contributed by atoms with Gasteiger partial charge in [0.05, 0.1) is 5.56 Å². The normalized spacial score (nSPS) is 11.4. The predicted octanol–water partition coefficient (Wildman–Crippen LogP) is 7.71. The summed E-state index contributed by atoms with van der Waals surface area (Å²) < 4.78 is 41.9. The van der Waals surface area contributed by atoms with Crippen molar-refractivity contribution in [1.82, 2.24) is 0 Å². The Hall–Kier alpha value is -3.33. The number of benzene rings is 4. The molecular weight excluding hydrogens is 357 g/mol. The summed E-state index contributed by atoms with van der Waals surface area (Å²) in [4.78, 5) is 0. The third kappa shape index (κ3) is 3.44. The first-order valence-electron chi connectivity index (χ1n) is 8.96. The fraction of sp³-hybridized carbons (Fsp3) is 0.0400. The molecule has 4 aromatic carbocycles. The molecule has 0 atom stereocenters. The van der Waals surface area contributed by atoms with E-state index < -0.39 is 11.7 Å². The average molecular weight is 374 g/mol. The Morgan fingerprint density at radius 2 is 0.857 bits per heavy atom. The minimum absolute atomic E-state index is 0.209. The van der Waals surface area contributed by atoms with Crippen LogP contribution in [0.3, 0.4) is 0 Å². The van der Waals surface area contributed by atoms with Crippen LogP contribution >= 0.6 is 0 Å². The van der Waals surface area contributed by atoms with Gasteiger partial charge < -0.3 is 0 Å². The quantitative estimate of drug-likeness (QED) is 0.344. The van der Waals surface area contributed by atoms with Crippen LogP contribution in [0.1, 0.15) is 5.56 Å². The zero-order valence-corrected chi connectivity index (χ0v) is 14.9. The third-order valence-corrected chi connectivity index (χ3v) is 4.72. The van der Waals surface area contributed by atoms with Gasteiger partial charge in [0, 0.05) is 5.56 Å². The Balaban J connectivity index is 2.14. The highest BCUT2D eigenvalue weighted by Gasteiger charge is 2.35. The fourth-order valence-corrected chi connectivity index (χ4v) is 3.51. The molecule has 0 radical (unpaired) electrons. The van der Waals surface area contributed by atoms with Gasteiger partial charge in [0.15, 0.2) is 0 Å². The van der Waals surface area contributed by atoms with E-state index in [1.165, 1.54) is 6.07 Å². The molecule has 0 amide bonds. The maximum absolute atomic E-state index is 14.0. The van der Waals surface area contributed by atoms with Gasteiger partial charge in [0.1, 0.15) is 0 Å². The molecule has 138 valence electrons. The molecule has 0 aliphatic carbocycles. The van der Waals surface area contributed by atoms with Crippen LogP contribution in [0.4, 0.5) is 13.2 Å². The van der Waals surface area contributed by atoms with Crippen molar-refractivity contribution >= 4 is 0 Å². The van der Waals surface area contributed by atoms with Crippen molar-refractivity contribution in [3.63, 3.8) is 0 Å². The van der Waals surface area contributed by atoms with Crippen LogP contribution in [0, 0.1) is 0 Å². The number of halogens is 3. The van der Waals surface area contributed by atoms with E-state index in [9.17, 15) is 13.2 Å². The molecule has 28 heavy (non-hydrogen) atoms. The van der Waals surface area contributed by atoms with Crippen LogP contribution in [-0.2, 0) is 6.18 Å². The maximum Gasteiger partial charge on any atom is 0.417 e. The van der Waals surface area contributed by atoms with E-state index in [0.29, 0.717) is 11.1 Å². The second-order valence-electron chi connectivity index (χ2n) is 6.51. The summed E-state index contributed by atoms with van der Waals surface area (Å²) in [7, 11) is 0. The lowest BCUT2D eigenvalue weighted by Gasteiger charge is -2.21. The van der Waals surface area contributed by atoms with Crippen molar-refractivity contribution in [3.05, 3.63) is 109 Å². The van der Waals surface area contributed by atoms with Gasteiger partial charge in [-0.1, -0.05) is 97.1 Å². The standard InChI is InChI=1S/C25H17F3/c26-25(27,28)22-17-16-21(18-10-4-1-5-11-18)23(19-12-6-2-7-13-19)24(22)20-14-8-3-9-15-20/h1-17H. The molecule has 0 aliphatic heterocycles. The summed E-state index contributed by atoms with van der Waals surface area (Å²) in [5.41, 5.74) is 3.13. The van der Waals surface area contributed by atoms with Gasteiger partial charge in [-0.3, -0.25) is 0 Å². The minimum Gasteiger partial charge on any atom is -0.166 e. The van der Waals surface area contributed by atoms with Crippen molar-refractivity contribution < 1.29 is 13.2 Å². The summed E-state index contributed by atoms with van der Waals surface area (Å²) >= 11 is 0. The van der Waals surface area contributed by atoms with Crippen LogP contribution in [0.2, 0.25) is 0 Å². The molecule has 3 heteroatoms. The molecule has 0 nitrogen and oxygen atoms in total. The predicted molar refractivity (Wildman–Crippen MR) is 108 cm³/mol. The molecule has 0 aliphatic rings. The number of alkyl halides is 3. The van der Waals surface area contributed by atoms with Crippen molar-refractivity contribution in [2.45, 2.75) is 6.18 Å². The molecule has 0 saturated carbocycles. The Morgan fingerprint density at radius 1 is 0.429 bits per heavy atom. The molecular formula is C25H17F3. The monoisotopic (exact) mass is 374 g/mol. The van der Waals surface area contributed by atoms with Crippen LogP contribution < -0.4 is 0 Å². The van der Waals surface area contributed by atoms with E-state index >= 15 is 0 Å². The van der Waals surface area contributed by atoms with Crippen LogP contribution in [0.5, 0.6) is 0 Å². The molecule has 0 spiro atoms. The van der Waals surface area contributed by atoms with Gasteiger partial charge in [-0.25, -0.2) is 0 Å². The average Bonchev–Trinajstić information content (AvgIpc) is 2.74. The molecule has 0 heterocycles. The van der Waals surface area contributed by atoms with Gasteiger partial charge in [0.25, 0.3) is 0 Å². The van der Waals surface area contributed by atoms with E-state index in [2.05, 4.69) is 0 Å². The Kier molecular flexibility index (Phi) is 4.74. The molecule has 0 fully saturated rings. The zero-order chi connectivity index (χ0) is 19.6. The SMILES string of the molecule is FC(F)(F)c1ccc(-c2ccccc2)c(-c2ccccc2)c1-c1ccccc1. The molecule has 0 bridgehead atoms. The molecule has 4 aromatic rings. The minimum atomic E-state index is -4.45. The Labute approximate surface area is 161 Å². The second kappa shape index (κ2) is 7.35. The van der Waals surface area contributed by atoms with Crippen molar-refractivity contribution in [3.8, 4) is 33.4 Å². The summed E-state index contributed by atoms with van der Waals surface area (Å²) in [6.45, 7) is 0. The Bertz CT molecular complexity index is 1070. The Morgan fingerprint density at radius 3 is 1.32 bits per heavy atom. The smallest absolute Gasteiger partial charge is 0.166 e. The van der Waals surface area contributed by atoms with Gasteiger partial charge >= 0.3 is 6.18 Å². The first-order valence-corrected chi connectivity index (χ1v) is 8.96. The van der Waals surface area contributed by atoms with Crippen molar-refractivity contribution in [2.24, 2.45) is 0 Å². The molecule has 0 saturated heterocycles. The highest BCUT2D eigenvalue weighted by molar-refractivity contribution is 5.96. The second-order valence-corrected chi connectivity index (χ2v) is 6.51. The largest absolute Gasteiger partial charge is 0.417 e. The molecule has 0 N–H and O–H groups in total. The number of hydrogen-bond acceptors (Lipinski definition) is 0. The lowest BCUT2D eigenvalue weighted by atomic mass is 9.84. The van der Waals surface area contributed by atoms with Crippen molar-refractivity contribution in [1.29, 1.82) is 0 Å². The molecule has 0 unspecified atom stereocenters. The van der Waals surface area contributed by atoms with E-state index in [1.54, 1.807) is 36.4 Å². The lowest BCUT2D eigenvalue weighted by molar-refractivity contribution is -0.137. The zero-order valence-electron chi connectivity index (χ0n) is 14.9. The summed E-state index contributed by atoms with van der Waals surface area (Å²) in [6, 6.07) is 30.3. The molecule has 4 rings (SSSR count). The highest BCUT2D eigenvalue weighted by Crippen LogP contribution is 2.46. The van der Waals surface area contributed by atoms with Gasteiger partial charge in [-0.15, -0.1) is 0 Å². The molecule has 0 aromatic heterocycles. The van der Waals surface area contributed by atoms with E-state index in [-0.39, 0.29) is 5.56 Å². The van der Waals surface area contributed by atoms with E-state index in [4.69, 9.17) is 0 Å². The highest BCUT2D eigenvalue weighted by atomic mass is 19.4. The number of hydrogen-bond donors (Lipinski definition) is 0. The van der Waals surface area contributed by atoms with E-state index in [0.717, 1.165) is 16.7 Å². The van der Waals surface area contributed by atoms with Crippen LogP contribution in [0.15, 0.2) is 103 Å². The third-order valence-electron chi connectivity index (χ3n) is 4.72. The van der Waals surface area contributed by atoms with Crippen LogP contribution in [0.25, 0.3) is 33.4 Å². The van der Waals surface area contributed by atoms with Gasteiger partial charge in [-0.2, -0.15) is 13.2 Å². The summed E-state index contributed by atoms with van der Waals surface area (Å²) in [5, 5.41) is 0. The van der Waals surface area contributed by atoms with E-state index in [1.807, 2.05) is 60.7 Å². The first kappa shape index (κ1) is 18.1. The number of rotatable bonds is 3. The maximum atomic E-state index is 14.0. The van der Waals surface area contributed by atoms with Crippen molar-refractivity contribution in [2.75, 3.05) is 0 Å². The van der Waals surface area contributed by atoms with Gasteiger partial charge in [-0.05, 0) is 33.9 Å². The van der Waals surface area contributed by atoms with Gasteiger partial charge in [0.2, 0.25) is 0 Å².